The molecule has 0 bridgehead atoms. The average molecular weight is 542 g/mol. The van der Waals surface area contributed by atoms with Crippen molar-refractivity contribution in [3.63, 3.8) is 0 Å². The van der Waals surface area contributed by atoms with Gasteiger partial charge in [-0.05, 0) is 62.4 Å². The highest BCUT2D eigenvalue weighted by Crippen LogP contribution is 2.37. The average Bonchev–Trinajstić information content (AvgIpc) is 2.86. The summed E-state index contributed by atoms with van der Waals surface area (Å²) in [5.74, 6) is -1.83. The minimum Gasteiger partial charge on any atom is -0.493 e. The van der Waals surface area contributed by atoms with Crippen molar-refractivity contribution in [2.24, 2.45) is 5.41 Å². The lowest BCUT2D eigenvalue weighted by atomic mass is 9.78. The summed E-state index contributed by atoms with van der Waals surface area (Å²) in [5.41, 5.74) is -0.788. The number of hydrogen-bond donors (Lipinski definition) is 0. The molecule has 0 aliphatic carbocycles. The molecule has 2 aliphatic heterocycles. The molecule has 2 aliphatic rings. The van der Waals surface area contributed by atoms with Gasteiger partial charge in [0.25, 0.3) is 0 Å². The van der Waals surface area contributed by atoms with Crippen LogP contribution in [0.1, 0.15) is 19.3 Å². The molecule has 2 aromatic rings. The lowest BCUT2D eigenvalue weighted by molar-refractivity contribution is -0.136. The number of carbonyl (C=O) groups is 1. The van der Waals surface area contributed by atoms with Crippen LogP contribution in [0.2, 0.25) is 5.02 Å². The second kappa shape index (κ2) is 11.0. The smallest absolute Gasteiger partial charge is 0.243 e. The van der Waals surface area contributed by atoms with Crippen molar-refractivity contribution in [3.05, 3.63) is 59.1 Å². The molecular formula is C25H30ClF2N3O4S. The van der Waals surface area contributed by atoms with E-state index in [9.17, 15) is 22.0 Å². The van der Waals surface area contributed by atoms with Gasteiger partial charge in [-0.25, -0.2) is 17.2 Å². The van der Waals surface area contributed by atoms with E-state index in [-0.39, 0.29) is 36.9 Å². The Morgan fingerprint density at radius 3 is 2.39 bits per heavy atom. The van der Waals surface area contributed by atoms with Gasteiger partial charge in [0, 0.05) is 56.1 Å². The molecule has 2 fully saturated rings. The molecule has 2 aromatic carbocycles. The van der Waals surface area contributed by atoms with Crippen LogP contribution in [0.4, 0.5) is 8.78 Å². The highest BCUT2D eigenvalue weighted by Gasteiger charge is 2.43. The van der Waals surface area contributed by atoms with Gasteiger partial charge in [0.15, 0.2) is 11.6 Å². The number of benzene rings is 2. The molecule has 11 heteroatoms. The largest absolute Gasteiger partial charge is 0.493 e. The first kappa shape index (κ1) is 26.8. The third kappa shape index (κ3) is 6.16. The maximum atomic E-state index is 13.8. The van der Waals surface area contributed by atoms with Gasteiger partial charge in [0.2, 0.25) is 15.9 Å². The molecule has 36 heavy (non-hydrogen) atoms. The molecule has 1 unspecified atom stereocenters. The molecule has 0 radical (unpaired) electrons. The van der Waals surface area contributed by atoms with E-state index >= 15 is 0 Å². The zero-order valence-corrected chi connectivity index (χ0v) is 21.7. The maximum Gasteiger partial charge on any atom is 0.243 e. The molecule has 2 heterocycles. The Morgan fingerprint density at radius 1 is 1.03 bits per heavy atom. The number of ether oxygens (including phenoxy) is 1. The minimum atomic E-state index is -4.11. The van der Waals surface area contributed by atoms with Crippen LogP contribution in [0.3, 0.4) is 0 Å². The van der Waals surface area contributed by atoms with E-state index in [1.165, 1.54) is 4.31 Å². The number of carbonyl (C=O) groups excluding carboxylic acids is 1. The van der Waals surface area contributed by atoms with Crippen molar-refractivity contribution in [3.8, 4) is 5.75 Å². The maximum absolute atomic E-state index is 13.8. The normalized spacial score (nSPS) is 21.9. The monoisotopic (exact) mass is 541 g/mol. The number of hydrogen-bond acceptors (Lipinski definition) is 5. The van der Waals surface area contributed by atoms with E-state index in [0.29, 0.717) is 42.8 Å². The SMILES string of the molecule is CN1CCN(C(=O)CC2(COc3ccc(Cl)cc3)CCCN(S(=O)(=O)c3ccc(F)c(F)c3)C2)CC1. The van der Waals surface area contributed by atoms with Crippen LogP contribution in [0.25, 0.3) is 0 Å². The Labute approximate surface area is 215 Å². The zero-order valence-electron chi connectivity index (χ0n) is 20.1. The predicted octanol–water partition coefficient (Wildman–Crippen LogP) is 3.63. The van der Waals surface area contributed by atoms with E-state index in [4.69, 9.17) is 16.3 Å². The number of halogens is 3. The van der Waals surface area contributed by atoms with Crippen molar-refractivity contribution in [1.82, 2.24) is 14.1 Å². The van der Waals surface area contributed by atoms with Gasteiger partial charge in [-0.1, -0.05) is 11.6 Å². The van der Waals surface area contributed by atoms with Gasteiger partial charge in [-0.15, -0.1) is 0 Å². The summed E-state index contributed by atoms with van der Waals surface area (Å²) in [4.78, 5) is 17.0. The van der Waals surface area contributed by atoms with E-state index in [2.05, 4.69) is 4.90 Å². The number of piperidine rings is 1. The third-order valence-electron chi connectivity index (χ3n) is 6.90. The summed E-state index contributed by atoms with van der Waals surface area (Å²) in [6.45, 7) is 3.14. The van der Waals surface area contributed by atoms with E-state index in [1.807, 2.05) is 11.9 Å². The van der Waals surface area contributed by atoms with Crippen LogP contribution in [-0.2, 0) is 14.8 Å². The number of sulfonamides is 1. The van der Waals surface area contributed by atoms with Crippen molar-refractivity contribution in [2.45, 2.75) is 24.2 Å². The van der Waals surface area contributed by atoms with Crippen molar-refractivity contribution in [2.75, 3.05) is 52.9 Å². The number of likely N-dealkylation sites (N-methyl/N-ethyl adjacent to an activating group) is 1. The fraction of sp³-hybridized carbons (Fsp3) is 0.480. The Kier molecular flexibility index (Phi) is 8.18. The molecule has 1 amide bonds. The molecule has 0 spiro atoms. The Hall–Kier alpha value is -2.27. The summed E-state index contributed by atoms with van der Waals surface area (Å²) in [6, 6.07) is 9.39. The third-order valence-corrected chi connectivity index (χ3v) is 8.99. The Morgan fingerprint density at radius 2 is 1.72 bits per heavy atom. The molecule has 196 valence electrons. The first-order chi connectivity index (χ1) is 17.1. The Bertz CT molecular complexity index is 1190. The van der Waals surface area contributed by atoms with E-state index < -0.39 is 27.1 Å². The molecule has 4 rings (SSSR count). The second-order valence-corrected chi connectivity index (χ2v) is 12.0. The van der Waals surface area contributed by atoms with Crippen molar-refractivity contribution >= 4 is 27.5 Å². The fourth-order valence-electron chi connectivity index (χ4n) is 4.72. The van der Waals surface area contributed by atoms with Gasteiger partial charge >= 0.3 is 0 Å². The van der Waals surface area contributed by atoms with Crippen molar-refractivity contribution in [1.29, 1.82) is 0 Å². The van der Waals surface area contributed by atoms with Crippen LogP contribution in [0.5, 0.6) is 5.75 Å². The molecule has 0 aromatic heterocycles. The van der Waals surface area contributed by atoms with Crippen LogP contribution in [-0.4, -0.2) is 81.4 Å². The Balaban J connectivity index is 1.58. The van der Waals surface area contributed by atoms with Crippen LogP contribution >= 0.6 is 11.6 Å². The minimum absolute atomic E-state index is 0.0292. The van der Waals surface area contributed by atoms with Crippen LogP contribution in [0.15, 0.2) is 47.4 Å². The quantitative estimate of drug-likeness (QED) is 0.535. The van der Waals surface area contributed by atoms with Gasteiger partial charge in [-0.3, -0.25) is 4.79 Å². The number of nitrogens with zero attached hydrogens (tertiary/aromatic N) is 3. The first-order valence-electron chi connectivity index (χ1n) is 11.9. The van der Waals surface area contributed by atoms with Crippen molar-refractivity contribution < 1.29 is 26.7 Å². The molecular weight excluding hydrogens is 512 g/mol. The van der Waals surface area contributed by atoms with Gasteiger partial charge < -0.3 is 14.5 Å². The zero-order chi connectivity index (χ0) is 25.9. The molecule has 1 atom stereocenters. The predicted molar refractivity (Wildman–Crippen MR) is 132 cm³/mol. The molecule has 7 nitrogen and oxygen atoms in total. The number of piperazine rings is 1. The lowest BCUT2D eigenvalue weighted by Crippen LogP contribution is -2.53. The van der Waals surface area contributed by atoms with Gasteiger partial charge in [-0.2, -0.15) is 4.31 Å². The standard InChI is InChI=1S/C25H30ClF2N3O4S/c1-29-11-13-30(14-12-29)24(32)16-25(18-35-20-5-3-19(26)4-6-20)9-2-10-31(17-25)36(33,34)21-7-8-22(27)23(28)15-21/h3-8,15H,2,9-14,16-18H2,1H3. The molecule has 2 saturated heterocycles. The van der Waals surface area contributed by atoms with E-state index in [0.717, 1.165) is 25.2 Å². The summed E-state index contributed by atoms with van der Waals surface area (Å²) < 4.78 is 61.3. The van der Waals surface area contributed by atoms with Crippen LogP contribution < -0.4 is 4.74 Å². The fourth-order valence-corrected chi connectivity index (χ4v) is 6.45. The molecule has 0 saturated carbocycles. The number of amides is 1. The topological polar surface area (TPSA) is 70.2 Å². The van der Waals surface area contributed by atoms with Gasteiger partial charge in [0.1, 0.15) is 5.75 Å². The lowest BCUT2D eigenvalue weighted by Gasteiger charge is -2.43. The summed E-state index contributed by atoms with van der Waals surface area (Å²) in [5, 5.41) is 0.559. The highest BCUT2D eigenvalue weighted by molar-refractivity contribution is 7.89. The number of rotatable bonds is 7. The highest BCUT2D eigenvalue weighted by atomic mass is 35.5. The summed E-state index contributed by atoms with van der Waals surface area (Å²) >= 11 is 5.97. The second-order valence-electron chi connectivity index (χ2n) is 9.62. The summed E-state index contributed by atoms with van der Waals surface area (Å²) in [6.07, 6.45) is 1.21. The van der Waals surface area contributed by atoms with Crippen LogP contribution in [0, 0.1) is 17.0 Å². The molecule has 0 N–H and O–H groups in total. The summed E-state index contributed by atoms with van der Waals surface area (Å²) in [7, 11) is -2.10. The van der Waals surface area contributed by atoms with E-state index in [1.54, 1.807) is 24.3 Å². The van der Waals surface area contributed by atoms with Gasteiger partial charge in [0.05, 0.1) is 11.5 Å². The first-order valence-corrected chi connectivity index (χ1v) is 13.7.